The van der Waals surface area contributed by atoms with Crippen LogP contribution in [0.4, 0.5) is 19.3 Å². The number of thiophene rings is 1. The molecule has 1 saturated heterocycles. The summed E-state index contributed by atoms with van der Waals surface area (Å²) >= 11 is 1.51. The number of aromatic nitrogens is 1. The van der Waals surface area contributed by atoms with Crippen molar-refractivity contribution in [2.75, 3.05) is 24.5 Å². The third kappa shape index (κ3) is 4.61. The number of hydrogen-bond acceptors (Lipinski definition) is 9. The number of piperazine rings is 1. The molecule has 3 aromatic heterocycles. The second kappa shape index (κ2) is 9.65. The average molecular weight is 560 g/mol. The second-order valence-corrected chi connectivity index (χ2v) is 10.6. The number of aryl methyl sites for hydroxylation is 1. The Hall–Kier alpha value is -3.97. The maximum absolute atomic E-state index is 16.2. The molecule has 39 heavy (non-hydrogen) atoms. The molecule has 0 radical (unpaired) electrons. The van der Waals surface area contributed by atoms with E-state index in [0.717, 1.165) is 10.9 Å². The van der Waals surface area contributed by atoms with E-state index in [4.69, 9.17) is 13.9 Å². The number of carbonyl (C=O) groups is 1. The van der Waals surface area contributed by atoms with Gasteiger partial charge < -0.3 is 28.1 Å². The first-order chi connectivity index (χ1) is 18.7. The van der Waals surface area contributed by atoms with Crippen molar-refractivity contribution in [3.8, 4) is 5.75 Å². The smallest absolute Gasteiger partial charge is 0.449 e. The Morgan fingerprint density at radius 1 is 1.23 bits per heavy atom. The first-order valence-electron chi connectivity index (χ1n) is 12.3. The van der Waals surface area contributed by atoms with E-state index in [2.05, 4.69) is 9.64 Å². The molecule has 1 saturated carbocycles. The molecule has 4 heterocycles. The highest BCUT2D eigenvalue weighted by Gasteiger charge is 2.35. The molecule has 0 spiro atoms. The van der Waals surface area contributed by atoms with Crippen LogP contribution >= 0.6 is 11.3 Å². The number of benzene rings is 1. The molecule has 1 unspecified atom stereocenters. The highest BCUT2D eigenvalue weighted by atomic mass is 32.1. The van der Waals surface area contributed by atoms with Gasteiger partial charge in [0.05, 0.1) is 29.7 Å². The van der Waals surface area contributed by atoms with Crippen LogP contribution in [0.25, 0.3) is 10.9 Å². The maximum atomic E-state index is 16.2. The zero-order valence-corrected chi connectivity index (χ0v) is 21.5. The lowest BCUT2D eigenvalue weighted by Crippen LogP contribution is -2.48. The van der Waals surface area contributed by atoms with Crippen LogP contribution < -0.4 is 20.9 Å². The summed E-state index contributed by atoms with van der Waals surface area (Å²) in [4.78, 5) is 40.2. The molecule has 6 rings (SSSR count). The zero-order chi connectivity index (χ0) is 27.4. The van der Waals surface area contributed by atoms with E-state index in [1.807, 2.05) is 17.5 Å². The lowest BCUT2D eigenvalue weighted by Gasteiger charge is -2.42. The van der Waals surface area contributed by atoms with Crippen LogP contribution in [-0.4, -0.2) is 40.4 Å². The summed E-state index contributed by atoms with van der Waals surface area (Å²) in [6.45, 7) is 2.81. The van der Waals surface area contributed by atoms with Crippen molar-refractivity contribution in [2.24, 2.45) is 0 Å². The molecule has 0 amide bonds. The van der Waals surface area contributed by atoms with Crippen LogP contribution in [-0.2, 0) is 6.54 Å². The molecular formula is C26H23F2N3O7S. The van der Waals surface area contributed by atoms with Crippen molar-refractivity contribution in [2.45, 2.75) is 38.4 Å². The van der Waals surface area contributed by atoms with E-state index in [1.165, 1.54) is 22.1 Å². The highest BCUT2D eigenvalue weighted by molar-refractivity contribution is 7.10. The maximum Gasteiger partial charge on any atom is 0.519 e. The predicted octanol–water partition coefficient (Wildman–Crippen LogP) is 4.65. The fourth-order valence-electron chi connectivity index (χ4n) is 5.17. The zero-order valence-electron chi connectivity index (χ0n) is 20.7. The largest absolute Gasteiger partial charge is 0.519 e. The summed E-state index contributed by atoms with van der Waals surface area (Å²) in [5, 5.41) is 10.6. The number of halogens is 2. The monoisotopic (exact) mass is 559 g/mol. The Kier molecular flexibility index (Phi) is 6.26. The minimum absolute atomic E-state index is 0.0810. The molecule has 2 fully saturated rings. The summed E-state index contributed by atoms with van der Waals surface area (Å²) in [5.74, 6) is -2.32. The van der Waals surface area contributed by atoms with Gasteiger partial charge in [-0.15, -0.1) is 11.3 Å². The standard InChI is InChI=1S/C26H23F2N3O7S/c1-13-18(38-26(35)36-13)11-29-6-7-30(10-17(29)20-3-2-8-39-20)23-16(27)9-15-22(21(23)28)31(14-4-5-14)12-19(24(15)32)37-25(33)34/h2-3,8-9,12,14,17H,4-7,10-11H2,1H3,(H,33,34). The second-order valence-electron chi connectivity index (χ2n) is 9.63. The van der Waals surface area contributed by atoms with Gasteiger partial charge in [-0.1, -0.05) is 6.07 Å². The van der Waals surface area contributed by atoms with E-state index in [0.29, 0.717) is 30.9 Å². The SMILES string of the molecule is Cc1oc(=O)oc1CN1CCN(c2c(F)cc3c(=O)c(OC(=O)O)cn(C4CC4)c3c2F)CC1c1cccs1. The Morgan fingerprint density at radius 2 is 2.03 bits per heavy atom. The van der Waals surface area contributed by atoms with Gasteiger partial charge in [-0.2, -0.15) is 0 Å². The molecule has 1 aromatic carbocycles. The van der Waals surface area contributed by atoms with Crippen LogP contribution in [0.1, 0.15) is 41.3 Å². The van der Waals surface area contributed by atoms with Crippen LogP contribution in [0, 0.1) is 18.6 Å². The third-order valence-corrected chi connectivity index (χ3v) is 8.12. The molecule has 204 valence electrons. The molecular weight excluding hydrogens is 536 g/mol. The quantitative estimate of drug-likeness (QED) is 0.337. The topological polar surface area (TPSA) is 118 Å². The third-order valence-electron chi connectivity index (χ3n) is 7.15. The van der Waals surface area contributed by atoms with Gasteiger partial charge in [0, 0.05) is 30.6 Å². The lowest BCUT2D eigenvalue weighted by molar-refractivity contribution is 0.143. The summed E-state index contributed by atoms with van der Waals surface area (Å²) in [6, 6.07) is 4.36. The Labute approximate surface area is 223 Å². The average Bonchev–Trinajstić information content (AvgIpc) is 3.48. The van der Waals surface area contributed by atoms with Gasteiger partial charge in [0.1, 0.15) is 17.3 Å². The number of ether oxygens (including phenoxy) is 1. The Morgan fingerprint density at radius 3 is 2.67 bits per heavy atom. The van der Waals surface area contributed by atoms with E-state index in [9.17, 15) is 14.4 Å². The Bertz CT molecular complexity index is 1690. The van der Waals surface area contributed by atoms with Gasteiger partial charge >= 0.3 is 12.0 Å². The number of pyridine rings is 1. The summed E-state index contributed by atoms with van der Waals surface area (Å²) in [6.07, 6.45) is 0.918. The van der Waals surface area contributed by atoms with Crippen LogP contribution in [0.3, 0.4) is 0 Å². The summed E-state index contributed by atoms with van der Waals surface area (Å²) in [7, 11) is 0. The van der Waals surface area contributed by atoms with Crippen molar-refractivity contribution in [3.05, 3.63) is 78.6 Å². The van der Waals surface area contributed by atoms with Crippen molar-refractivity contribution in [1.82, 2.24) is 9.47 Å². The fraction of sp³-hybridized carbons (Fsp3) is 0.346. The van der Waals surface area contributed by atoms with Crippen LogP contribution in [0.15, 0.2) is 48.2 Å². The number of nitrogens with zero attached hydrogens (tertiary/aromatic N) is 3. The summed E-state index contributed by atoms with van der Waals surface area (Å²) < 4.78 is 48.1. The molecule has 1 N–H and O–H groups in total. The number of hydrogen-bond donors (Lipinski definition) is 1. The molecule has 0 bridgehead atoms. The molecule has 1 atom stereocenters. The fourth-order valence-corrected chi connectivity index (χ4v) is 6.02. The van der Waals surface area contributed by atoms with E-state index >= 15 is 8.78 Å². The van der Waals surface area contributed by atoms with E-state index in [-0.39, 0.29) is 48.3 Å². The van der Waals surface area contributed by atoms with Crippen molar-refractivity contribution < 1.29 is 32.3 Å². The van der Waals surface area contributed by atoms with E-state index < -0.39 is 34.8 Å². The molecule has 4 aromatic rings. The first-order valence-corrected chi connectivity index (χ1v) is 13.2. The Balaban J connectivity index is 1.41. The van der Waals surface area contributed by atoms with Crippen LogP contribution in [0.5, 0.6) is 5.75 Å². The van der Waals surface area contributed by atoms with Gasteiger partial charge in [-0.25, -0.2) is 18.4 Å². The van der Waals surface area contributed by atoms with Gasteiger partial charge in [-0.3, -0.25) is 9.69 Å². The van der Waals surface area contributed by atoms with Gasteiger partial charge in [0.2, 0.25) is 5.43 Å². The minimum Gasteiger partial charge on any atom is -0.449 e. The van der Waals surface area contributed by atoms with Crippen molar-refractivity contribution >= 4 is 34.1 Å². The molecule has 13 heteroatoms. The van der Waals surface area contributed by atoms with Crippen LogP contribution in [0.2, 0.25) is 0 Å². The van der Waals surface area contributed by atoms with Crippen molar-refractivity contribution in [3.63, 3.8) is 0 Å². The molecule has 1 aliphatic heterocycles. The normalized spacial score (nSPS) is 18.1. The first kappa shape index (κ1) is 25.3. The van der Waals surface area contributed by atoms with E-state index in [1.54, 1.807) is 11.8 Å². The minimum atomic E-state index is -1.69. The summed E-state index contributed by atoms with van der Waals surface area (Å²) in [5.41, 5.74) is -1.23. The molecule has 1 aliphatic carbocycles. The van der Waals surface area contributed by atoms with Gasteiger partial charge in [0.15, 0.2) is 17.3 Å². The number of fused-ring (bicyclic) bond motifs is 1. The predicted molar refractivity (Wildman–Crippen MR) is 137 cm³/mol. The lowest BCUT2D eigenvalue weighted by atomic mass is 10.1. The highest BCUT2D eigenvalue weighted by Crippen LogP contribution is 2.41. The number of anilines is 1. The van der Waals surface area contributed by atoms with Crippen molar-refractivity contribution in [1.29, 1.82) is 0 Å². The van der Waals surface area contributed by atoms with Gasteiger partial charge in [0.25, 0.3) is 0 Å². The number of rotatable bonds is 6. The molecule has 10 nitrogen and oxygen atoms in total. The molecule has 2 aliphatic rings. The van der Waals surface area contributed by atoms with Gasteiger partial charge in [-0.05, 0) is 37.3 Å². The number of carboxylic acid groups (broad SMARTS) is 1.